The largest absolute Gasteiger partial charge is 0.480 e. The van der Waals surface area contributed by atoms with Gasteiger partial charge in [-0.1, -0.05) is 0 Å². The van der Waals surface area contributed by atoms with Gasteiger partial charge < -0.3 is 42.1 Å². The van der Waals surface area contributed by atoms with Crippen LogP contribution in [0.25, 0.3) is 0 Å². The van der Waals surface area contributed by atoms with Gasteiger partial charge in [-0.25, -0.2) is 0 Å². The highest BCUT2D eigenvalue weighted by Gasteiger charge is 2.00. The predicted molar refractivity (Wildman–Crippen MR) is 75.5 cm³/mol. The lowest BCUT2D eigenvalue weighted by Crippen LogP contribution is -2.25. The molecule has 0 bridgehead atoms. The van der Waals surface area contributed by atoms with Crippen LogP contribution < -0.4 is 11.5 Å². The van der Waals surface area contributed by atoms with Crippen molar-refractivity contribution in [2.75, 3.05) is 19.8 Å². The first-order chi connectivity index (χ1) is 9.47. The van der Waals surface area contributed by atoms with E-state index < -0.39 is 30.1 Å². The van der Waals surface area contributed by atoms with Crippen LogP contribution in [0, 0.1) is 0 Å². The summed E-state index contributed by atoms with van der Waals surface area (Å²) in [6.45, 7) is 3.98. The van der Waals surface area contributed by atoms with Gasteiger partial charge in [-0.3, -0.25) is 9.59 Å². The molecule has 10 nitrogen and oxygen atoms in total. The number of carboxylic acid groups (broad SMARTS) is 2. The van der Waals surface area contributed by atoms with Crippen LogP contribution in [0.3, 0.4) is 0 Å². The summed E-state index contributed by atoms with van der Waals surface area (Å²) in [4.78, 5) is 19.1. The number of rotatable bonds is 4. The lowest BCUT2D eigenvalue weighted by molar-refractivity contribution is -0.139. The Bertz CT molecular complexity index is 214. The molecule has 0 fully saturated rings. The highest BCUT2D eigenvalue weighted by Crippen LogP contribution is 1.69. The summed E-state index contributed by atoms with van der Waals surface area (Å²) in [6.07, 6.45) is -0.560. The van der Waals surface area contributed by atoms with Crippen molar-refractivity contribution in [2.24, 2.45) is 11.5 Å². The number of hydrogen-bond acceptors (Lipinski definition) is 8. The number of aliphatic hydroxyl groups is 4. The Hall–Kier alpha value is -1.30. The maximum Gasteiger partial charge on any atom is 0.320 e. The van der Waals surface area contributed by atoms with Crippen molar-refractivity contribution in [2.45, 2.75) is 39.0 Å². The minimum atomic E-state index is -0.963. The Kier molecular flexibility index (Phi) is 28.0. The van der Waals surface area contributed by atoms with Gasteiger partial charge in [0, 0.05) is 0 Å². The highest BCUT2D eigenvalue weighted by molar-refractivity contribution is 5.72. The number of carbonyl (C=O) groups is 2. The quantitative estimate of drug-likeness (QED) is 0.266. The number of aliphatic hydroxyl groups excluding tert-OH is 4. The van der Waals surface area contributed by atoms with E-state index in [0.717, 1.165) is 0 Å². The van der Waals surface area contributed by atoms with Crippen molar-refractivity contribution in [1.29, 1.82) is 0 Å². The van der Waals surface area contributed by atoms with E-state index in [1.165, 1.54) is 20.8 Å². The van der Waals surface area contributed by atoms with Gasteiger partial charge in [0.15, 0.2) is 0 Å². The van der Waals surface area contributed by atoms with Crippen LogP contribution in [0.5, 0.6) is 0 Å². The standard InChI is InChI=1S/2C3H7NO2.C3H8O2.C2H6O2/c2*1-2(4)3(5)6;1-3(5)2-4;3-1-2-4/h2*2H,4H2,1H3,(H,5,6);3-5H,2H2,1H3;3-4H,1-2H2/t2*2-;;/m00../s1. The molecule has 0 saturated heterocycles. The van der Waals surface area contributed by atoms with Crippen LogP contribution in [0.1, 0.15) is 20.8 Å². The third-order valence-corrected chi connectivity index (χ3v) is 1.14. The first-order valence-electron chi connectivity index (χ1n) is 5.95. The van der Waals surface area contributed by atoms with E-state index in [1.54, 1.807) is 0 Å². The summed E-state index contributed by atoms with van der Waals surface area (Å²) >= 11 is 0. The SMILES string of the molecule is CC(O)CO.C[C@H](N)C(=O)O.C[C@H](N)C(=O)O.OCCO. The molecule has 3 atom stereocenters. The van der Waals surface area contributed by atoms with E-state index in [4.69, 9.17) is 42.1 Å². The van der Waals surface area contributed by atoms with E-state index in [0.29, 0.717) is 0 Å². The van der Waals surface area contributed by atoms with E-state index >= 15 is 0 Å². The van der Waals surface area contributed by atoms with Crippen LogP contribution in [-0.2, 0) is 9.59 Å². The maximum atomic E-state index is 9.57. The van der Waals surface area contributed by atoms with Gasteiger partial charge >= 0.3 is 11.9 Å². The Balaban J connectivity index is -0.0000000929. The van der Waals surface area contributed by atoms with Crippen LogP contribution in [-0.4, -0.2) is 80.6 Å². The summed E-state index contributed by atoms with van der Waals surface area (Å²) in [5.74, 6) is -1.93. The van der Waals surface area contributed by atoms with Gasteiger partial charge in [-0.15, -0.1) is 0 Å². The molecular weight excluding hydrogens is 288 g/mol. The Labute approximate surface area is 123 Å². The predicted octanol–water partition coefficient (Wildman–Crippen LogP) is -2.83. The van der Waals surface area contributed by atoms with Crippen LogP contribution in [0.15, 0.2) is 0 Å². The fraction of sp³-hybridized carbons (Fsp3) is 0.818. The molecule has 0 aromatic heterocycles. The van der Waals surface area contributed by atoms with Crippen molar-refractivity contribution < 1.29 is 40.2 Å². The number of aliphatic carboxylic acids is 2. The molecule has 0 aromatic rings. The van der Waals surface area contributed by atoms with Gasteiger partial charge in [-0.2, -0.15) is 0 Å². The zero-order valence-corrected chi connectivity index (χ0v) is 12.5. The molecule has 0 aliphatic heterocycles. The average Bonchev–Trinajstić information content (AvgIpc) is 2.40. The lowest BCUT2D eigenvalue weighted by Gasteiger charge is -1.90. The zero-order chi connectivity index (χ0) is 18.0. The van der Waals surface area contributed by atoms with Crippen molar-refractivity contribution in [3.63, 3.8) is 0 Å². The van der Waals surface area contributed by atoms with Gasteiger partial charge in [0.2, 0.25) is 0 Å². The monoisotopic (exact) mass is 316 g/mol. The minimum Gasteiger partial charge on any atom is -0.480 e. The van der Waals surface area contributed by atoms with Crippen molar-refractivity contribution in [3.8, 4) is 0 Å². The zero-order valence-electron chi connectivity index (χ0n) is 12.5. The summed E-state index contributed by atoms with van der Waals surface area (Å²) < 4.78 is 0. The lowest BCUT2D eigenvalue weighted by atomic mass is 10.4. The number of carboxylic acids is 2. The fourth-order valence-corrected chi connectivity index (χ4v) is 0. The molecule has 0 amide bonds. The summed E-state index contributed by atoms with van der Waals surface area (Å²) in [5, 5.41) is 47.0. The van der Waals surface area contributed by atoms with Crippen LogP contribution in [0.2, 0.25) is 0 Å². The third kappa shape index (κ3) is 55.4. The van der Waals surface area contributed by atoms with Gasteiger partial charge in [0.25, 0.3) is 0 Å². The second-order valence-corrected chi connectivity index (χ2v) is 3.73. The van der Waals surface area contributed by atoms with Gasteiger partial charge in [-0.05, 0) is 20.8 Å². The minimum absolute atomic E-state index is 0.125. The second-order valence-electron chi connectivity index (χ2n) is 3.73. The van der Waals surface area contributed by atoms with Crippen molar-refractivity contribution in [3.05, 3.63) is 0 Å². The van der Waals surface area contributed by atoms with Crippen molar-refractivity contribution >= 4 is 11.9 Å². The molecule has 10 N–H and O–H groups in total. The molecule has 10 heteroatoms. The maximum absolute atomic E-state index is 9.57. The molecule has 0 spiro atoms. The summed E-state index contributed by atoms with van der Waals surface area (Å²) in [7, 11) is 0. The summed E-state index contributed by atoms with van der Waals surface area (Å²) in [6, 6.07) is -1.46. The molecule has 0 aliphatic rings. The molecular formula is C11H28N2O8. The third-order valence-electron chi connectivity index (χ3n) is 1.14. The molecule has 130 valence electrons. The van der Waals surface area contributed by atoms with Crippen LogP contribution in [0.4, 0.5) is 0 Å². The molecule has 0 aliphatic carbocycles. The van der Waals surface area contributed by atoms with Crippen molar-refractivity contribution in [1.82, 2.24) is 0 Å². The van der Waals surface area contributed by atoms with E-state index in [1.807, 2.05) is 0 Å². The Morgan fingerprint density at radius 3 is 1.00 bits per heavy atom. The fourth-order valence-electron chi connectivity index (χ4n) is 0. The second kappa shape index (κ2) is 21.0. The molecule has 1 unspecified atom stereocenters. The normalized spacial score (nSPS) is 12.8. The first-order valence-corrected chi connectivity index (χ1v) is 5.95. The van der Waals surface area contributed by atoms with Crippen LogP contribution >= 0.6 is 0 Å². The van der Waals surface area contributed by atoms with E-state index in [-0.39, 0.29) is 19.8 Å². The highest BCUT2D eigenvalue weighted by atomic mass is 16.4. The Morgan fingerprint density at radius 2 is 1.00 bits per heavy atom. The molecule has 21 heavy (non-hydrogen) atoms. The van der Waals surface area contributed by atoms with E-state index in [2.05, 4.69) is 0 Å². The van der Waals surface area contributed by atoms with E-state index in [9.17, 15) is 9.59 Å². The molecule has 0 rings (SSSR count). The average molecular weight is 316 g/mol. The number of hydrogen-bond donors (Lipinski definition) is 8. The molecule has 0 saturated carbocycles. The van der Waals surface area contributed by atoms with Gasteiger partial charge in [0.1, 0.15) is 12.1 Å². The number of nitrogens with two attached hydrogens (primary N) is 2. The Morgan fingerprint density at radius 1 is 0.857 bits per heavy atom. The summed E-state index contributed by atoms with van der Waals surface area (Å²) in [5.41, 5.74) is 9.67. The molecule has 0 aromatic carbocycles. The molecule has 0 radical (unpaired) electrons. The topological polar surface area (TPSA) is 208 Å². The smallest absolute Gasteiger partial charge is 0.320 e. The first kappa shape index (κ1) is 27.9. The molecule has 0 heterocycles. The van der Waals surface area contributed by atoms with Gasteiger partial charge in [0.05, 0.1) is 25.9 Å².